The summed E-state index contributed by atoms with van der Waals surface area (Å²) in [6.07, 6.45) is 1.30. The van der Waals surface area contributed by atoms with Gasteiger partial charge in [-0.3, -0.25) is 9.59 Å². The summed E-state index contributed by atoms with van der Waals surface area (Å²) in [6.45, 7) is 0. The molecular weight excluding hydrogens is 296 g/mol. The number of hydrogen-bond acceptors (Lipinski definition) is 4. The lowest BCUT2D eigenvalue weighted by Gasteiger charge is -2.08. The monoisotopic (exact) mass is 306 g/mol. The zero-order chi connectivity index (χ0) is 15.4. The van der Waals surface area contributed by atoms with E-state index in [4.69, 9.17) is 11.6 Å². The molecule has 0 unspecified atom stereocenters. The van der Waals surface area contributed by atoms with Crippen molar-refractivity contribution in [3.8, 4) is 0 Å². The van der Waals surface area contributed by atoms with Crippen LogP contribution in [0, 0.1) is 0 Å². The van der Waals surface area contributed by atoms with E-state index in [1.165, 1.54) is 37.6 Å². The van der Waals surface area contributed by atoms with Crippen LogP contribution in [0.3, 0.4) is 0 Å². The van der Waals surface area contributed by atoms with Gasteiger partial charge in [-0.05, 0) is 24.3 Å². The van der Waals surface area contributed by atoms with Crippen molar-refractivity contribution in [1.82, 2.24) is 4.98 Å². The highest BCUT2D eigenvalue weighted by Gasteiger charge is 2.13. The lowest BCUT2D eigenvalue weighted by Crippen LogP contribution is -2.15. The smallest absolute Gasteiger partial charge is 0.339 e. The van der Waals surface area contributed by atoms with Gasteiger partial charge in [0.2, 0.25) is 5.56 Å². The maximum atomic E-state index is 12.0. The second-order valence-corrected chi connectivity index (χ2v) is 4.49. The molecule has 2 aromatic rings. The van der Waals surface area contributed by atoms with Gasteiger partial charge in [0.15, 0.2) is 0 Å². The lowest BCUT2D eigenvalue weighted by molar-refractivity contribution is 0.0600. The predicted octanol–water partition coefficient (Wildman–Crippen LogP) is 2.07. The van der Waals surface area contributed by atoms with Gasteiger partial charge in [0, 0.05) is 18.0 Å². The van der Waals surface area contributed by atoms with Crippen molar-refractivity contribution in [3.63, 3.8) is 0 Å². The molecule has 0 radical (unpaired) electrons. The molecular formula is C14H11ClN2O4. The van der Waals surface area contributed by atoms with Gasteiger partial charge in [0.25, 0.3) is 5.91 Å². The lowest BCUT2D eigenvalue weighted by atomic mass is 10.2. The van der Waals surface area contributed by atoms with Crippen LogP contribution in [0.25, 0.3) is 0 Å². The standard InChI is InChI=1S/C14H11ClN2O4/c1-21-14(20)10-6-9(3-4-11(10)15)17-13(19)8-2-5-12(18)16-7-8/h2-7H,1H3,(H,16,18)(H,17,19). The molecule has 2 N–H and O–H groups in total. The van der Waals surface area contributed by atoms with E-state index in [1.807, 2.05) is 0 Å². The Morgan fingerprint density at radius 3 is 2.62 bits per heavy atom. The molecule has 0 aliphatic carbocycles. The molecule has 0 aliphatic heterocycles. The molecule has 1 aromatic carbocycles. The Balaban J connectivity index is 2.23. The predicted molar refractivity (Wildman–Crippen MR) is 77.8 cm³/mol. The number of nitrogens with one attached hydrogen (secondary N) is 2. The summed E-state index contributed by atoms with van der Waals surface area (Å²) in [7, 11) is 1.24. The van der Waals surface area contributed by atoms with Crippen molar-refractivity contribution in [1.29, 1.82) is 0 Å². The number of benzene rings is 1. The minimum absolute atomic E-state index is 0.151. The fourth-order valence-corrected chi connectivity index (χ4v) is 1.82. The number of amides is 1. The fourth-order valence-electron chi connectivity index (χ4n) is 1.62. The number of esters is 1. The van der Waals surface area contributed by atoms with E-state index in [0.29, 0.717) is 5.69 Å². The van der Waals surface area contributed by atoms with E-state index in [9.17, 15) is 14.4 Å². The molecule has 0 spiro atoms. The highest BCUT2D eigenvalue weighted by Crippen LogP contribution is 2.21. The second-order valence-electron chi connectivity index (χ2n) is 4.08. The maximum Gasteiger partial charge on any atom is 0.339 e. The number of hydrogen-bond donors (Lipinski definition) is 2. The highest BCUT2D eigenvalue weighted by molar-refractivity contribution is 6.33. The van der Waals surface area contributed by atoms with Crippen molar-refractivity contribution >= 4 is 29.2 Å². The molecule has 6 nitrogen and oxygen atoms in total. The molecule has 0 saturated carbocycles. The van der Waals surface area contributed by atoms with Crippen LogP contribution < -0.4 is 10.9 Å². The third-order valence-corrected chi connectivity index (χ3v) is 3.01. The number of carbonyl (C=O) groups is 2. The van der Waals surface area contributed by atoms with E-state index in [1.54, 1.807) is 6.07 Å². The molecule has 0 fully saturated rings. The Labute approximate surface area is 124 Å². The van der Waals surface area contributed by atoms with Gasteiger partial charge < -0.3 is 15.0 Å². The summed E-state index contributed by atoms with van der Waals surface area (Å²) >= 11 is 5.89. The molecule has 1 heterocycles. The zero-order valence-corrected chi connectivity index (χ0v) is 11.7. The largest absolute Gasteiger partial charge is 0.465 e. The van der Waals surface area contributed by atoms with E-state index in [0.717, 1.165) is 0 Å². The first-order valence-electron chi connectivity index (χ1n) is 5.89. The number of carbonyl (C=O) groups excluding carboxylic acids is 2. The minimum Gasteiger partial charge on any atom is -0.465 e. The van der Waals surface area contributed by atoms with E-state index in [-0.39, 0.29) is 21.7 Å². The van der Waals surface area contributed by atoms with E-state index < -0.39 is 11.9 Å². The number of H-pyrrole nitrogens is 1. The van der Waals surface area contributed by atoms with Crippen molar-refractivity contribution < 1.29 is 14.3 Å². The van der Waals surface area contributed by atoms with Crippen LogP contribution >= 0.6 is 11.6 Å². The summed E-state index contributed by atoms with van der Waals surface area (Å²) in [5.41, 5.74) is 0.518. The van der Waals surface area contributed by atoms with Crippen LogP contribution in [0.15, 0.2) is 41.3 Å². The van der Waals surface area contributed by atoms with Crippen LogP contribution in [0.1, 0.15) is 20.7 Å². The third kappa shape index (κ3) is 3.49. The Morgan fingerprint density at radius 2 is 2.00 bits per heavy atom. The van der Waals surface area contributed by atoms with E-state index >= 15 is 0 Å². The van der Waals surface area contributed by atoms with Gasteiger partial charge in [0.1, 0.15) is 0 Å². The molecule has 1 amide bonds. The van der Waals surface area contributed by atoms with Gasteiger partial charge in [-0.2, -0.15) is 0 Å². The number of aromatic nitrogens is 1. The Hall–Kier alpha value is -2.60. The van der Waals surface area contributed by atoms with Crippen molar-refractivity contribution in [3.05, 3.63) is 63.0 Å². The maximum absolute atomic E-state index is 12.0. The Kier molecular flexibility index (Phi) is 4.39. The molecule has 7 heteroatoms. The van der Waals surface area contributed by atoms with Crippen LogP contribution in [0.2, 0.25) is 5.02 Å². The van der Waals surface area contributed by atoms with Gasteiger partial charge in [-0.1, -0.05) is 11.6 Å². The van der Waals surface area contributed by atoms with Crippen molar-refractivity contribution in [2.45, 2.75) is 0 Å². The third-order valence-electron chi connectivity index (χ3n) is 2.68. The van der Waals surface area contributed by atoms with Gasteiger partial charge >= 0.3 is 5.97 Å². The highest BCUT2D eigenvalue weighted by atomic mass is 35.5. The van der Waals surface area contributed by atoms with Crippen LogP contribution in [0.4, 0.5) is 5.69 Å². The summed E-state index contributed by atoms with van der Waals surface area (Å²) in [6, 6.07) is 7.09. The average Bonchev–Trinajstić information content (AvgIpc) is 2.49. The topological polar surface area (TPSA) is 88.3 Å². The van der Waals surface area contributed by atoms with Crippen LogP contribution in [0.5, 0.6) is 0 Å². The summed E-state index contributed by atoms with van der Waals surface area (Å²) in [5, 5.41) is 2.82. The number of aromatic amines is 1. The van der Waals surface area contributed by atoms with Gasteiger partial charge in [-0.15, -0.1) is 0 Å². The molecule has 108 valence electrons. The summed E-state index contributed by atoms with van der Waals surface area (Å²) in [4.78, 5) is 36.8. The molecule has 0 bridgehead atoms. The summed E-state index contributed by atoms with van der Waals surface area (Å²) < 4.78 is 4.60. The van der Waals surface area contributed by atoms with Gasteiger partial charge in [-0.25, -0.2) is 4.79 Å². The number of methoxy groups -OCH3 is 1. The first-order chi connectivity index (χ1) is 10.0. The summed E-state index contributed by atoms with van der Waals surface area (Å²) in [5.74, 6) is -1.02. The second kappa shape index (κ2) is 6.23. The van der Waals surface area contributed by atoms with Crippen LogP contribution in [-0.4, -0.2) is 24.0 Å². The van der Waals surface area contributed by atoms with Crippen molar-refractivity contribution in [2.24, 2.45) is 0 Å². The number of rotatable bonds is 3. The quantitative estimate of drug-likeness (QED) is 0.850. The molecule has 1 aromatic heterocycles. The Morgan fingerprint density at radius 1 is 1.24 bits per heavy atom. The molecule has 0 aliphatic rings. The number of anilines is 1. The SMILES string of the molecule is COC(=O)c1cc(NC(=O)c2ccc(=O)[nH]c2)ccc1Cl. The average molecular weight is 307 g/mol. The molecule has 0 atom stereocenters. The number of ether oxygens (including phenoxy) is 1. The van der Waals surface area contributed by atoms with Gasteiger partial charge in [0.05, 0.1) is 23.3 Å². The number of pyridine rings is 1. The normalized spacial score (nSPS) is 10.0. The van der Waals surface area contributed by atoms with Crippen LogP contribution in [-0.2, 0) is 4.74 Å². The van der Waals surface area contributed by atoms with Crippen molar-refractivity contribution in [2.75, 3.05) is 12.4 Å². The molecule has 2 rings (SSSR count). The Bertz CT molecular complexity index is 734. The fraction of sp³-hybridized carbons (Fsp3) is 0.0714. The first-order valence-corrected chi connectivity index (χ1v) is 6.27. The number of halogens is 1. The minimum atomic E-state index is -0.597. The van der Waals surface area contributed by atoms with E-state index in [2.05, 4.69) is 15.0 Å². The zero-order valence-electron chi connectivity index (χ0n) is 11.0. The molecule has 0 saturated heterocycles. The molecule has 21 heavy (non-hydrogen) atoms. The first kappa shape index (κ1) is 14.8.